The standard InChI is InChI=1S/C24H22Cl2N2O8S/c1-33-20-8-6-14(10-19(20)27-23(29)15-7-5-13(25)9-17(15)26)37(31,32)28-18-12-22(35-3)21(34-2)11-16(18)24(30)36-4/h5-12,28H,1-4H3,(H,27,29). The van der Waals surface area contributed by atoms with Gasteiger partial charge in [-0.05, 0) is 36.4 Å². The van der Waals surface area contributed by atoms with Crippen molar-refractivity contribution in [3.8, 4) is 17.2 Å². The number of esters is 1. The molecule has 37 heavy (non-hydrogen) atoms. The van der Waals surface area contributed by atoms with Crippen LogP contribution in [0.5, 0.6) is 17.2 Å². The van der Waals surface area contributed by atoms with E-state index in [0.717, 1.165) is 7.11 Å². The summed E-state index contributed by atoms with van der Waals surface area (Å²) in [5, 5.41) is 3.05. The average molecular weight is 569 g/mol. The molecule has 13 heteroatoms. The quantitative estimate of drug-likeness (QED) is 0.350. The fraction of sp³-hybridized carbons (Fsp3) is 0.167. The van der Waals surface area contributed by atoms with E-state index in [1.54, 1.807) is 0 Å². The number of carbonyl (C=O) groups excluding carboxylic acids is 2. The average Bonchev–Trinajstić information content (AvgIpc) is 2.87. The Bertz CT molecular complexity index is 1460. The minimum absolute atomic E-state index is 0.0573. The van der Waals surface area contributed by atoms with E-state index in [1.165, 1.54) is 69.9 Å². The summed E-state index contributed by atoms with van der Waals surface area (Å²) in [6.07, 6.45) is 0. The lowest BCUT2D eigenvalue weighted by Gasteiger charge is -2.17. The fourth-order valence-electron chi connectivity index (χ4n) is 3.26. The molecule has 2 N–H and O–H groups in total. The van der Waals surface area contributed by atoms with E-state index >= 15 is 0 Å². The van der Waals surface area contributed by atoms with Crippen LogP contribution in [0.25, 0.3) is 0 Å². The lowest BCUT2D eigenvalue weighted by molar-refractivity contribution is 0.0601. The highest BCUT2D eigenvalue weighted by Gasteiger charge is 2.24. The van der Waals surface area contributed by atoms with Gasteiger partial charge in [0.15, 0.2) is 11.5 Å². The summed E-state index contributed by atoms with van der Waals surface area (Å²) >= 11 is 12.0. The first-order valence-corrected chi connectivity index (χ1v) is 12.6. The Morgan fingerprint density at radius 2 is 1.41 bits per heavy atom. The molecule has 0 radical (unpaired) electrons. The third-order valence-electron chi connectivity index (χ3n) is 5.08. The van der Waals surface area contributed by atoms with E-state index in [1.807, 2.05) is 0 Å². The van der Waals surface area contributed by atoms with Gasteiger partial charge in [-0.2, -0.15) is 0 Å². The van der Waals surface area contributed by atoms with Gasteiger partial charge in [-0.15, -0.1) is 0 Å². The molecule has 0 aliphatic heterocycles. The Morgan fingerprint density at radius 3 is 2.00 bits per heavy atom. The van der Waals surface area contributed by atoms with E-state index in [0.29, 0.717) is 5.02 Å². The molecule has 3 aromatic carbocycles. The maximum Gasteiger partial charge on any atom is 0.340 e. The summed E-state index contributed by atoms with van der Waals surface area (Å²) in [6.45, 7) is 0. The third kappa shape index (κ3) is 6.19. The largest absolute Gasteiger partial charge is 0.495 e. The van der Waals surface area contributed by atoms with Crippen LogP contribution in [0.2, 0.25) is 10.0 Å². The van der Waals surface area contributed by atoms with E-state index in [4.69, 9.17) is 42.1 Å². The summed E-state index contributed by atoms with van der Waals surface area (Å²) in [6, 6.07) is 10.7. The molecular formula is C24H22Cl2N2O8S. The zero-order valence-corrected chi connectivity index (χ0v) is 22.4. The zero-order chi connectivity index (χ0) is 27.3. The van der Waals surface area contributed by atoms with Crippen LogP contribution in [0.4, 0.5) is 11.4 Å². The van der Waals surface area contributed by atoms with E-state index in [-0.39, 0.29) is 49.7 Å². The van der Waals surface area contributed by atoms with Crippen molar-refractivity contribution in [2.24, 2.45) is 0 Å². The number of hydrogen-bond acceptors (Lipinski definition) is 8. The number of hydrogen-bond donors (Lipinski definition) is 2. The number of benzene rings is 3. The molecule has 1 amide bonds. The number of sulfonamides is 1. The topological polar surface area (TPSA) is 129 Å². The molecule has 0 bridgehead atoms. The van der Waals surface area contributed by atoms with Crippen molar-refractivity contribution in [2.75, 3.05) is 38.5 Å². The van der Waals surface area contributed by atoms with Crippen LogP contribution in [-0.4, -0.2) is 48.7 Å². The van der Waals surface area contributed by atoms with Crippen LogP contribution < -0.4 is 24.2 Å². The van der Waals surface area contributed by atoms with Crippen molar-refractivity contribution < 1.29 is 37.0 Å². The molecule has 0 spiro atoms. The molecule has 0 saturated heterocycles. The number of amides is 1. The Balaban J connectivity index is 2.01. The van der Waals surface area contributed by atoms with Crippen molar-refractivity contribution in [3.63, 3.8) is 0 Å². The highest BCUT2D eigenvalue weighted by atomic mass is 35.5. The monoisotopic (exact) mass is 568 g/mol. The van der Waals surface area contributed by atoms with Crippen LogP contribution in [-0.2, 0) is 14.8 Å². The molecule has 0 saturated carbocycles. The van der Waals surface area contributed by atoms with Gasteiger partial charge >= 0.3 is 5.97 Å². The van der Waals surface area contributed by atoms with Crippen molar-refractivity contribution >= 4 is 56.5 Å². The highest BCUT2D eigenvalue weighted by Crippen LogP contribution is 2.36. The predicted molar refractivity (Wildman–Crippen MR) is 139 cm³/mol. The van der Waals surface area contributed by atoms with Gasteiger partial charge in [0.1, 0.15) is 5.75 Å². The van der Waals surface area contributed by atoms with Crippen molar-refractivity contribution in [1.82, 2.24) is 0 Å². The van der Waals surface area contributed by atoms with Crippen molar-refractivity contribution in [1.29, 1.82) is 0 Å². The first kappa shape index (κ1) is 27.9. The van der Waals surface area contributed by atoms with Crippen LogP contribution >= 0.6 is 23.2 Å². The molecule has 0 unspecified atom stereocenters. The van der Waals surface area contributed by atoms with E-state index < -0.39 is 21.9 Å². The van der Waals surface area contributed by atoms with Crippen LogP contribution in [0.15, 0.2) is 53.4 Å². The van der Waals surface area contributed by atoms with E-state index in [9.17, 15) is 18.0 Å². The lowest BCUT2D eigenvalue weighted by Crippen LogP contribution is -2.18. The first-order valence-electron chi connectivity index (χ1n) is 10.4. The van der Waals surface area contributed by atoms with Gasteiger partial charge in [-0.25, -0.2) is 13.2 Å². The summed E-state index contributed by atoms with van der Waals surface area (Å²) in [7, 11) is 0.956. The first-order chi connectivity index (χ1) is 17.5. The van der Waals surface area contributed by atoms with Crippen molar-refractivity contribution in [3.05, 3.63) is 69.7 Å². The van der Waals surface area contributed by atoms with Gasteiger partial charge in [-0.3, -0.25) is 9.52 Å². The van der Waals surface area contributed by atoms with Gasteiger partial charge in [0.05, 0.1) is 60.9 Å². The summed E-state index contributed by atoms with van der Waals surface area (Å²) in [4.78, 5) is 24.9. The van der Waals surface area contributed by atoms with Gasteiger partial charge in [0.25, 0.3) is 15.9 Å². The normalized spacial score (nSPS) is 10.9. The molecule has 0 aromatic heterocycles. The van der Waals surface area contributed by atoms with Gasteiger partial charge in [0, 0.05) is 17.2 Å². The molecule has 0 fully saturated rings. The maximum atomic E-state index is 13.3. The number of anilines is 2. The molecule has 0 aliphatic rings. The second-order valence-corrected chi connectivity index (χ2v) is 9.82. The molecule has 3 aromatic rings. The Hall–Kier alpha value is -3.67. The Labute approximate surface area is 223 Å². The number of halogens is 2. The Kier molecular flexibility index (Phi) is 8.74. The predicted octanol–water partition coefficient (Wildman–Crippen LogP) is 4.86. The second-order valence-electron chi connectivity index (χ2n) is 7.29. The molecule has 3 rings (SSSR count). The maximum absolute atomic E-state index is 13.3. The van der Waals surface area contributed by atoms with Crippen LogP contribution in [0, 0.1) is 0 Å². The molecule has 10 nitrogen and oxygen atoms in total. The zero-order valence-electron chi connectivity index (χ0n) is 20.0. The third-order valence-corrected chi connectivity index (χ3v) is 6.99. The van der Waals surface area contributed by atoms with Gasteiger partial charge in [-0.1, -0.05) is 23.2 Å². The lowest BCUT2D eigenvalue weighted by atomic mass is 10.1. The fourth-order valence-corrected chi connectivity index (χ4v) is 4.85. The molecule has 0 heterocycles. The minimum Gasteiger partial charge on any atom is -0.495 e. The molecule has 0 atom stereocenters. The molecule has 0 aliphatic carbocycles. The number of rotatable bonds is 9. The van der Waals surface area contributed by atoms with Crippen LogP contribution in [0.3, 0.4) is 0 Å². The van der Waals surface area contributed by atoms with E-state index in [2.05, 4.69) is 10.0 Å². The van der Waals surface area contributed by atoms with Crippen molar-refractivity contribution in [2.45, 2.75) is 4.90 Å². The minimum atomic E-state index is -4.29. The van der Waals surface area contributed by atoms with Gasteiger partial charge < -0.3 is 24.3 Å². The van der Waals surface area contributed by atoms with Gasteiger partial charge in [0.2, 0.25) is 0 Å². The summed E-state index contributed by atoms with van der Waals surface area (Å²) < 4.78 is 49.4. The Morgan fingerprint density at radius 1 is 0.757 bits per heavy atom. The number of nitrogens with one attached hydrogen (secondary N) is 2. The SMILES string of the molecule is COC(=O)c1cc(OC)c(OC)cc1NS(=O)(=O)c1ccc(OC)c(NC(=O)c2ccc(Cl)cc2Cl)c1. The number of methoxy groups -OCH3 is 4. The van der Waals surface area contributed by atoms with Crippen LogP contribution in [0.1, 0.15) is 20.7 Å². The summed E-state index contributed by atoms with van der Waals surface area (Å²) in [5.41, 5.74) is -0.0450. The number of carbonyl (C=O) groups is 2. The summed E-state index contributed by atoms with van der Waals surface area (Å²) in [5.74, 6) is -0.855. The number of ether oxygens (including phenoxy) is 4. The molecular weight excluding hydrogens is 547 g/mol. The smallest absolute Gasteiger partial charge is 0.340 e. The second kappa shape index (κ2) is 11.6. The highest BCUT2D eigenvalue weighted by molar-refractivity contribution is 7.92. The molecule has 196 valence electrons.